The molecule has 0 spiro atoms. The molecule has 0 fully saturated rings. The summed E-state index contributed by atoms with van der Waals surface area (Å²) in [5.41, 5.74) is 10.8. The van der Waals surface area contributed by atoms with Crippen molar-refractivity contribution in [1.82, 2.24) is 0 Å². The maximum atomic E-state index is 11.8. The van der Waals surface area contributed by atoms with Gasteiger partial charge < -0.3 is 26.3 Å². The molecule has 1 rings (SSSR count). The van der Waals surface area contributed by atoms with Gasteiger partial charge in [0.25, 0.3) is 11.8 Å². The number of carbonyl (C=O) groups excluding carboxylic acids is 3. The van der Waals surface area contributed by atoms with E-state index in [0.717, 1.165) is 0 Å². The molecule has 2 amide bonds. The van der Waals surface area contributed by atoms with Crippen LogP contribution in [0.2, 0.25) is 0 Å². The second kappa shape index (κ2) is 7.85. The van der Waals surface area contributed by atoms with Crippen molar-refractivity contribution in [3.05, 3.63) is 24.3 Å². The quantitative estimate of drug-likeness (QED) is 0.453. The maximum Gasteiger partial charge on any atom is 0.332 e. The van der Waals surface area contributed by atoms with Crippen molar-refractivity contribution >= 4 is 23.5 Å². The Morgan fingerprint density at radius 2 is 2.05 bits per heavy atom. The molecule has 8 heteroatoms. The third-order valence-electron chi connectivity index (χ3n) is 2.31. The smallest absolute Gasteiger partial charge is 0.332 e. The van der Waals surface area contributed by atoms with Crippen LogP contribution in [0.15, 0.2) is 24.3 Å². The Bertz CT molecular complexity index is 532. The van der Waals surface area contributed by atoms with Gasteiger partial charge in [-0.1, -0.05) is 6.07 Å². The zero-order valence-corrected chi connectivity index (χ0v) is 11.5. The lowest BCUT2D eigenvalue weighted by Gasteiger charge is -2.12. The van der Waals surface area contributed by atoms with Gasteiger partial charge in [-0.2, -0.15) is 0 Å². The molecule has 0 bridgehead atoms. The first-order chi connectivity index (χ1) is 9.93. The standard InChI is InChI=1S/C13H17N3O5/c1-2-20-13(19)11(15)12(18)16-8-4-3-5-9(6-8)21-7-10(14)17/h3-6,11H,2,7,15H2,1H3,(H2,14,17)(H,16,18). The van der Waals surface area contributed by atoms with Crippen molar-refractivity contribution in [1.29, 1.82) is 0 Å². The van der Waals surface area contributed by atoms with E-state index in [2.05, 4.69) is 10.1 Å². The van der Waals surface area contributed by atoms with Crippen molar-refractivity contribution in [2.24, 2.45) is 11.5 Å². The van der Waals surface area contributed by atoms with E-state index in [1.54, 1.807) is 25.1 Å². The molecule has 1 aromatic carbocycles. The average molecular weight is 295 g/mol. The highest BCUT2D eigenvalue weighted by Crippen LogP contribution is 2.17. The third kappa shape index (κ3) is 5.49. The Labute approximate surface area is 121 Å². The van der Waals surface area contributed by atoms with E-state index in [-0.39, 0.29) is 13.2 Å². The number of carbonyl (C=O) groups is 3. The molecule has 0 aromatic heterocycles. The van der Waals surface area contributed by atoms with Crippen LogP contribution in [-0.4, -0.2) is 37.0 Å². The summed E-state index contributed by atoms with van der Waals surface area (Å²) in [7, 11) is 0. The minimum atomic E-state index is -1.42. The molecule has 1 atom stereocenters. The number of hydrogen-bond acceptors (Lipinski definition) is 6. The Hall–Kier alpha value is -2.61. The van der Waals surface area contributed by atoms with Gasteiger partial charge in [0.15, 0.2) is 12.6 Å². The van der Waals surface area contributed by atoms with Crippen molar-refractivity contribution in [2.75, 3.05) is 18.5 Å². The fraction of sp³-hybridized carbons (Fsp3) is 0.308. The first-order valence-electron chi connectivity index (χ1n) is 6.18. The largest absolute Gasteiger partial charge is 0.484 e. The van der Waals surface area contributed by atoms with Gasteiger partial charge in [0.05, 0.1) is 6.61 Å². The second-order valence-corrected chi connectivity index (χ2v) is 4.00. The van der Waals surface area contributed by atoms with Crippen LogP contribution in [0.25, 0.3) is 0 Å². The lowest BCUT2D eigenvalue weighted by molar-refractivity contribution is -0.147. The maximum absolute atomic E-state index is 11.8. The summed E-state index contributed by atoms with van der Waals surface area (Å²) in [6, 6.07) is 4.82. The van der Waals surface area contributed by atoms with Crippen LogP contribution in [0.4, 0.5) is 5.69 Å². The van der Waals surface area contributed by atoms with Crippen molar-refractivity contribution in [3.8, 4) is 5.75 Å². The second-order valence-electron chi connectivity index (χ2n) is 4.00. The van der Waals surface area contributed by atoms with Gasteiger partial charge in [0.1, 0.15) is 5.75 Å². The van der Waals surface area contributed by atoms with E-state index in [0.29, 0.717) is 11.4 Å². The first kappa shape index (κ1) is 16.4. The summed E-state index contributed by atoms with van der Waals surface area (Å²) in [5, 5.41) is 2.45. The van der Waals surface area contributed by atoms with Crippen LogP contribution >= 0.6 is 0 Å². The summed E-state index contributed by atoms with van der Waals surface area (Å²) in [5.74, 6) is -1.79. The monoisotopic (exact) mass is 295 g/mol. The van der Waals surface area contributed by atoms with Crippen molar-refractivity contribution in [2.45, 2.75) is 13.0 Å². The van der Waals surface area contributed by atoms with Gasteiger partial charge in [-0.15, -0.1) is 0 Å². The van der Waals surface area contributed by atoms with E-state index < -0.39 is 23.8 Å². The summed E-state index contributed by atoms with van der Waals surface area (Å²) >= 11 is 0. The molecule has 5 N–H and O–H groups in total. The predicted molar refractivity (Wildman–Crippen MR) is 74.4 cm³/mol. The topological polar surface area (TPSA) is 134 Å². The lowest BCUT2D eigenvalue weighted by atomic mass is 10.2. The van der Waals surface area contributed by atoms with E-state index in [4.69, 9.17) is 16.2 Å². The Morgan fingerprint density at radius 1 is 1.33 bits per heavy atom. The molecular weight excluding hydrogens is 278 g/mol. The summed E-state index contributed by atoms with van der Waals surface area (Å²) in [6.07, 6.45) is 0. The Balaban J connectivity index is 2.65. The SMILES string of the molecule is CCOC(=O)C(N)C(=O)Nc1cccc(OCC(N)=O)c1. The van der Waals surface area contributed by atoms with Gasteiger partial charge in [-0.05, 0) is 19.1 Å². The van der Waals surface area contributed by atoms with Gasteiger partial charge in [0, 0.05) is 11.8 Å². The molecule has 0 aliphatic heterocycles. The Kier molecular flexibility index (Phi) is 6.15. The van der Waals surface area contributed by atoms with Gasteiger partial charge in [-0.3, -0.25) is 9.59 Å². The minimum Gasteiger partial charge on any atom is -0.484 e. The van der Waals surface area contributed by atoms with E-state index in [9.17, 15) is 14.4 Å². The van der Waals surface area contributed by atoms with E-state index in [1.807, 2.05) is 0 Å². The molecule has 0 heterocycles. The zero-order chi connectivity index (χ0) is 15.8. The lowest BCUT2D eigenvalue weighted by Crippen LogP contribution is -2.43. The fourth-order valence-corrected chi connectivity index (χ4v) is 1.38. The molecular formula is C13H17N3O5. The number of esters is 1. The van der Waals surface area contributed by atoms with Crippen molar-refractivity contribution in [3.63, 3.8) is 0 Å². The first-order valence-corrected chi connectivity index (χ1v) is 6.18. The average Bonchev–Trinajstić information content (AvgIpc) is 2.45. The van der Waals surface area contributed by atoms with E-state index in [1.165, 1.54) is 6.07 Å². The number of amides is 2. The molecule has 21 heavy (non-hydrogen) atoms. The van der Waals surface area contributed by atoms with Crippen LogP contribution in [0.3, 0.4) is 0 Å². The molecule has 0 aliphatic carbocycles. The molecule has 0 radical (unpaired) electrons. The highest BCUT2D eigenvalue weighted by Gasteiger charge is 2.23. The molecule has 1 unspecified atom stereocenters. The summed E-state index contributed by atoms with van der Waals surface area (Å²) in [4.78, 5) is 33.7. The Morgan fingerprint density at radius 3 is 2.67 bits per heavy atom. The normalized spacial score (nSPS) is 11.3. The molecule has 114 valence electrons. The van der Waals surface area contributed by atoms with Crippen LogP contribution in [0, 0.1) is 0 Å². The zero-order valence-electron chi connectivity index (χ0n) is 11.5. The highest BCUT2D eigenvalue weighted by atomic mass is 16.5. The van der Waals surface area contributed by atoms with Crippen LogP contribution < -0.4 is 21.5 Å². The number of benzene rings is 1. The van der Waals surface area contributed by atoms with Gasteiger partial charge in [-0.25, -0.2) is 4.79 Å². The van der Waals surface area contributed by atoms with Crippen LogP contribution in [0.1, 0.15) is 6.92 Å². The van der Waals surface area contributed by atoms with E-state index >= 15 is 0 Å². The van der Waals surface area contributed by atoms with Crippen LogP contribution in [-0.2, 0) is 19.1 Å². The fourth-order valence-electron chi connectivity index (χ4n) is 1.38. The number of anilines is 1. The molecule has 8 nitrogen and oxygen atoms in total. The number of nitrogens with one attached hydrogen (secondary N) is 1. The van der Waals surface area contributed by atoms with Gasteiger partial charge in [0.2, 0.25) is 0 Å². The number of primary amides is 1. The number of ether oxygens (including phenoxy) is 2. The van der Waals surface area contributed by atoms with Crippen molar-refractivity contribution < 1.29 is 23.9 Å². The minimum absolute atomic E-state index is 0.135. The number of nitrogens with two attached hydrogens (primary N) is 2. The predicted octanol–water partition coefficient (Wildman–Crippen LogP) is -0.620. The summed E-state index contributed by atoms with van der Waals surface area (Å²) in [6.45, 7) is 1.47. The molecule has 1 aromatic rings. The number of rotatable bonds is 7. The number of hydrogen-bond donors (Lipinski definition) is 3. The molecule has 0 saturated carbocycles. The van der Waals surface area contributed by atoms with Crippen LogP contribution in [0.5, 0.6) is 5.75 Å². The van der Waals surface area contributed by atoms with Gasteiger partial charge >= 0.3 is 5.97 Å². The molecule has 0 aliphatic rings. The molecule has 0 saturated heterocycles. The third-order valence-corrected chi connectivity index (χ3v) is 2.31. The highest BCUT2D eigenvalue weighted by molar-refractivity contribution is 6.08. The summed E-state index contributed by atoms with van der Waals surface area (Å²) < 4.78 is 9.74.